The van der Waals surface area contributed by atoms with E-state index in [-0.39, 0.29) is 5.91 Å². The van der Waals surface area contributed by atoms with Crippen LogP contribution >= 0.6 is 0 Å². The lowest BCUT2D eigenvalue weighted by molar-refractivity contribution is -0.121. The normalized spacial score (nSPS) is 10.6. The van der Waals surface area contributed by atoms with Crippen LogP contribution in [-0.4, -0.2) is 18.7 Å². The van der Waals surface area contributed by atoms with E-state index in [0.717, 1.165) is 16.9 Å². The summed E-state index contributed by atoms with van der Waals surface area (Å²) < 4.78 is 5.36. The Balaban J connectivity index is 1.75. The van der Waals surface area contributed by atoms with E-state index in [9.17, 15) is 4.79 Å². The first-order chi connectivity index (χ1) is 10.8. The third-order valence-corrected chi connectivity index (χ3v) is 3.08. The second-order valence-corrected chi connectivity index (χ2v) is 4.78. The van der Waals surface area contributed by atoms with Crippen molar-refractivity contribution in [3.63, 3.8) is 0 Å². The van der Waals surface area contributed by atoms with Gasteiger partial charge in [-0.2, -0.15) is 5.10 Å². The van der Waals surface area contributed by atoms with E-state index >= 15 is 0 Å². The van der Waals surface area contributed by atoms with Gasteiger partial charge in [0.15, 0.2) is 0 Å². The van der Waals surface area contributed by atoms with E-state index in [1.165, 1.54) is 0 Å². The molecule has 2 aromatic rings. The van der Waals surface area contributed by atoms with E-state index < -0.39 is 0 Å². The monoisotopic (exact) mass is 296 g/mol. The number of nitrogens with one attached hydrogen (secondary N) is 1. The zero-order valence-electron chi connectivity index (χ0n) is 12.7. The number of hydrogen-bond donors (Lipinski definition) is 1. The Morgan fingerprint density at radius 2 is 1.86 bits per heavy atom. The predicted molar refractivity (Wildman–Crippen MR) is 88.1 cm³/mol. The third-order valence-electron chi connectivity index (χ3n) is 3.08. The fraction of sp³-hybridized carbons (Fsp3) is 0.222. The molecule has 0 aliphatic carbocycles. The summed E-state index contributed by atoms with van der Waals surface area (Å²) in [6.45, 7) is 2.59. The molecule has 114 valence electrons. The van der Waals surface area contributed by atoms with Crippen molar-refractivity contribution in [2.24, 2.45) is 5.10 Å². The highest BCUT2D eigenvalue weighted by molar-refractivity contribution is 5.82. The molecule has 1 amide bonds. The number of carbonyl (C=O) groups is 1. The van der Waals surface area contributed by atoms with Crippen molar-refractivity contribution in [2.75, 3.05) is 6.61 Å². The summed E-state index contributed by atoms with van der Waals surface area (Å²) in [7, 11) is 0. The van der Waals surface area contributed by atoms with Crippen LogP contribution in [0.1, 0.15) is 24.5 Å². The van der Waals surface area contributed by atoms with Crippen LogP contribution in [0.4, 0.5) is 0 Å². The maximum atomic E-state index is 11.7. The third kappa shape index (κ3) is 5.40. The largest absolute Gasteiger partial charge is 0.494 e. The van der Waals surface area contributed by atoms with Gasteiger partial charge in [0.25, 0.3) is 0 Å². The van der Waals surface area contributed by atoms with E-state index in [1.54, 1.807) is 6.21 Å². The fourth-order valence-corrected chi connectivity index (χ4v) is 1.95. The summed E-state index contributed by atoms with van der Waals surface area (Å²) in [5.41, 5.74) is 4.60. The molecule has 0 atom stereocenters. The predicted octanol–water partition coefficient (Wildman–Crippen LogP) is 3.17. The van der Waals surface area contributed by atoms with E-state index in [1.807, 2.05) is 61.5 Å². The standard InChI is InChI=1S/C18H20N2O2/c1-2-22-17-11-8-16(9-12-17)14-19-20-18(21)13-10-15-6-4-3-5-7-15/h3-9,11-12,14H,2,10,13H2,1H3,(H,20,21)/b19-14-. The molecule has 0 spiro atoms. The molecule has 22 heavy (non-hydrogen) atoms. The maximum absolute atomic E-state index is 11.7. The van der Waals surface area contributed by atoms with Crippen molar-refractivity contribution in [3.05, 3.63) is 65.7 Å². The smallest absolute Gasteiger partial charge is 0.240 e. The number of nitrogens with zero attached hydrogens (tertiary/aromatic N) is 1. The highest BCUT2D eigenvalue weighted by Crippen LogP contribution is 2.10. The molecule has 0 saturated carbocycles. The van der Waals surface area contributed by atoms with Gasteiger partial charge in [-0.1, -0.05) is 30.3 Å². The van der Waals surface area contributed by atoms with Crippen LogP contribution in [-0.2, 0) is 11.2 Å². The lowest BCUT2D eigenvalue weighted by Crippen LogP contribution is -2.17. The number of benzene rings is 2. The maximum Gasteiger partial charge on any atom is 0.240 e. The molecule has 0 bridgehead atoms. The van der Waals surface area contributed by atoms with Gasteiger partial charge in [0, 0.05) is 6.42 Å². The van der Waals surface area contributed by atoms with Gasteiger partial charge in [0.2, 0.25) is 5.91 Å². The molecule has 0 aliphatic rings. The second-order valence-electron chi connectivity index (χ2n) is 4.78. The van der Waals surface area contributed by atoms with Crippen LogP contribution in [0, 0.1) is 0 Å². The van der Waals surface area contributed by atoms with Gasteiger partial charge in [0.05, 0.1) is 12.8 Å². The minimum Gasteiger partial charge on any atom is -0.494 e. The molecule has 4 nitrogen and oxygen atoms in total. The molecule has 0 fully saturated rings. The lowest BCUT2D eigenvalue weighted by Gasteiger charge is -2.02. The number of hydrazone groups is 1. The highest BCUT2D eigenvalue weighted by Gasteiger charge is 2.00. The first-order valence-corrected chi connectivity index (χ1v) is 7.36. The van der Waals surface area contributed by atoms with Gasteiger partial charge in [0.1, 0.15) is 5.75 Å². The Morgan fingerprint density at radius 3 is 2.55 bits per heavy atom. The van der Waals surface area contributed by atoms with E-state index in [0.29, 0.717) is 19.4 Å². The van der Waals surface area contributed by atoms with Gasteiger partial charge < -0.3 is 4.74 Å². The van der Waals surface area contributed by atoms with Crippen LogP contribution in [0.2, 0.25) is 0 Å². The average molecular weight is 296 g/mol. The molecule has 0 unspecified atom stereocenters. The molecule has 0 aliphatic heterocycles. The summed E-state index contributed by atoms with van der Waals surface area (Å²) in [6, 6.07) is 17.5. The van der Waals surface area contributed by atoms with Crippen molar-refractivity contribution in [1.82, 2.24) is 5.43 Å². The molecule has 4 heteroatoms. The Labute approximate surface area is 130 Å². The topological polar surface area (TPSA) is 50.7 Å². The van der Waals surface area contributed by atoms with Gasteiger partial charge in [-0.05, 0) is 48.7 Å². The molecule has 0 radical (unpaired) electrons. The van der Waals surface area contributed by atoms with Crippen LogP contribution < -0.4 is 10.2 Å². The van der Waals surface area contributed by atoms with Gasteiger partial charge in [-0.15, -0.1) is 0 Å². The van der Waals surface area contributed by atoms with Crippen molar-refractivity contribution in [1.29, 1.82) is 0 Å². The molecule has 2 aromatic carbocycles. The van der Waals surface area contributed by atoms with Crippen LogP contribution in [0.25, 0.3) is 0 Å². The first kappa shape index (κ1) is 15.8. The summed E-state index contributed by atoms with van der Waals surface area (Å²) in [4.78, 5) is 11.7. The number of amides is 1. The number of hydrogen-bond acceptors (Lipinski definition) is 3. The molecule has 0 aromatic heterocycles. The Hall–Kier alpha value is -2.62. The Bertz CT molecular complexity index is 607. The highest BCUT2D eigenvalue weighted by atomic mass is 16.5. The second kappa shape index (κ2) is 8.62. The lowest BCUT2D eigenvalue weighted by atomic mass is 10.1. The van der Waals surface area contributed by atoms with Crippen molar-refractivity contribution in [3.8, 4) is 5.75 Å². The van der Waals surface area contributed by atoms with Crippen LogP contribution in [0.5, 0.6) is 5.75 Å². The SMILES string of the molecule is CCOc1ccc(/C=N\NC(=O)CCc2ccccc2)cc1. The quantitative estimate of drug-likeness (QED) is 0.630. The number of rotatable bonds is 7. The van der Waals surface area contributed by atoms with Crippen molar-refractivity contribution >= 4 is 12.1 Å². The van der Waals surface area contributed by atoms with Crippen molar-refractivity contribution in [2.45, 2.75) is 19.8 Å². The average Bonchev–Trinajstić information content (AvgIpc) is 2.56. The zero-order chi connectivity index (χ0) is 15.6. The summed E-state index contributed by atoms with van der Waals surface area (Å²) in [5, 5.41) is 3.96. The van der Waals surface area contributed by atoms with E-state index in [4.69, 9.17) is 4.74 Å². The summed E-state index contributed by atoms with van der Waals surface area (Å²) in [5.74, 6) is 0.734. The molecular formula is C18H20N2O2. The summed E-state index contributed by atoms with van der Waals surface area (Å²) >= 11 is 0. The van der Waals surface area contributed by atoms with E-state index in [2.05, 4.69) is 10.5 Å². The van der Waals surface area contributed by atoms with Crippen LogP contribution in [0.3, 0.4) is 0 Å². The number of carbonyl (C=O) groups excluding carboxylic acids is 1. The molecule has 1 N–H and O–H groups in total. The molecular weight excluding hydrogens is 276 g/mol. The van der Waals surface area contributed by atoms with Gasteiger partial charge >= 0.3 is 0 Å². The number of ether oxygens (including phenoxy) is 1. The minimum absolute atomic E-state index is 0.0916. The Morgan fingerprint density at radius 1 is 1.14 bits per heavy atom. The minimum atomic E-state index is -0.0916. The van der Waals surface area contributed by atoms with Crippen molar-refractivity contribution < 1.29 is 9.53 Å². The fourth-order valence-electron chi connectivity index (χ4n) is 1.95. The first-order valence-electron chi connectivity index (χ1n) is 7.36. The molecule has 0 heterocycles. The molecule has 0 saturated heterocycles. The van der Waals surface area contributed by atoms with Gasteiger partial charge in [-0.25, -0.2) is 5.43 Å². The molecule has 2 rings (SSSR count). The number of aryl methyl sites for hydroxylation is 1. The Kier molecular flexibility index (Phi) is 6.18. The zero-order valence-corrected chi connectivity index (χ0v) is 12.7. The van der Waals surface area contributed by atoms with Crippen LogP contribution in [0.15, 0.2) is 59.7 Å². The van der Waals surface area contributed by atoms with Gasteiger partial charge in [-0.3, -0.25) is 4.79 Å². The summed E-state index contributed by atoms with van der Waals surface area (Å²) in [6.07, 6.45) is 2.76.